The quantitative estimate of drug-likeness (QED) is 0.0332. The molecule has 6 aromatic rings. The van der Waals surface area contributed by atoms with Crippen LogP contribution in [0.5, 0.6) is 0 Å². The van der Waals surface area contributed by atoms with Gasteiger partial charge in [-0.05, 0) is 143 Å². The van der Waals surface area contributed by atoms with E-state index in [0.29, 0.717) is 21.7 Å². The van der Waals surface area contributed by atoms with E-state index >= 15 is 0 Å². The summed E-state index contributed by atoms with van der Waals surface area (Å²) in [7, 11) is 0. The van der Waals surface area contributed by atoms with Gasteiger partial charge in [-0.15, -0.1) is 0 Å². The zero-order valence-electron chi connectivity index (χ0n) is 50.6. The minimum atomic E-state index is -1.54. The molecular weight excluding hydrogens is 1200 g/mol. The summed E-state index contributed by atoms with van der Waals surface area (Å²) in [5.41, 5.74) is 5.08. The second-order valence-electron chi connectivity index (χ2n) is 25.0. The number of nitrogens with one attached hydrogen (secondary N) is 1. The van der Waals surface area contributed by atoms with Gasteiger partial charge >= 0.3 is 24.4 Å². The van der Waals surface area contributed by atoms with E-state index in [9.17, 15) is 44.7 Å². The minimum Gasteiger partial charge on any atom is -0.443 e. The van der Waals surface area contributed by atoms with Crippen LogP contribution >= 0.6 is 34.8 Å². The summed E-state index contributed by atoms with van der Waals surface area (Å²) in [5.74, 6) is 0.275. The number of hydrogen-bond donors (Lipinski definition) is 8. The Hall–Kier alpha value is -6.59. The number of benzene rings is 2. The summed E-state index contributed by atoms with van der Waals surface area (Å²) < 4.78 is 24.7. The Morgan fingerprint density at radius 1 is 0.563 bits per heavy atom. The van der Waals surface area contributed by atoms with Crippen molar-refractivity contribution in [2.45, 2.75) is 192 Å². The van der Waals surface area contributed by atoms with Gasteiger partial charge in [-0.25, -0.2) is 43.9 Å². The van der Waals surface area contributed by atoms with Crippen LogP contribution in [0.15, 0.2) is 73.3 Å². The summed E-state index contributed by atoms with van der Waals surface area (Å²) in [6.07, 6.45) is -5.95. The molecular formula is C58H79Cl3N12O14. The smallest absolute Gasteiger partial charge is 0.420 e. The molecule has 2 saturated carbocycles. The van der Waals surface area contributed by atoms with Crippen LogP contribution < -0.4 is 11.1 Å². The maximum atomic E-state index is 13.2. The SMILES string of the molecule is CC(C)(C)OC(=O)N(C(=O)OC(C)(C)C)[C@H]1C[C@@H](n2cnc3c(Cl)nc(Cl)nc32)[C@H](O)[C@@H]1O.CC(C)(C)OC(=O)N(C(=O)OC(C)(C)C)[C@H]1C[C@@H](n2cnc3c(N[C@H](CO)Cc4ccccc4)nc(Cl)nc32)[C@H](O)[C@@H]1O.N[C@H](CO)Cc1ccccc1. The van der Waals surface area contributed by atoms with Crippen LogP contribution in [-0.2, 0) is 31.8 Å². The van der Waals surface area contributed by atoms with E-state index in [1.807, 2.05) is 60.7 Å². The molecule has 0 aliphatic heterocycles. The molecule has 87 heavy (non-hydrogen) atoms. The highest BCUT2D eigenvalue weighted by Crippen LogP contribution is 2.40. The van der Waals surface area contributed by atoms with Crippen molar-refractivity contribution in [3.63, 3.8) is 0 Å². The number of carbonyl (C=O) groups is 4. The standard InChI is InChI=1S/C29H39ClN6O7.C20H27Cl2N5O6.C9H13NO/c1-28(2,3)42-26(40)36(27(41)43-29(4,5)6)19-13-18(21(38)22(19)39)35-15-31-20-23(33-25(30)34-24(20)35)32-17(14-37)12-16-10-8-7-9-11-16;1-19(2,3)32-17(30)27(18(31)33-20(4,5)6)10-7-9(12(28)13(10)29)26-8-23-11-14(21)24-16(22)25-15(11)26;10-9(7-11)6-8-4-2-1-3-5-8/h7-11,15,17-19,21-22,37-39H,12-14H2,1-6H3,(H,32,33,34);8-10,12-13,28-29H,7H2,1-6H3;1-5,9,11H,6-7,10H2/t17-,18+,19-,21-,22+;9-,10+,12+,13-;9-/m010/s1. The number of imidazole rings is 2. The second-order valence-corrected chi connectivity index (χ2v) is 26.0. The van der Waals surface area contributed by atoms with Crippen LogP contribution in [-0.4, -0.2) is 188 Å². The molecule has 0 unspecified atom stereocenters. The third kappa shape index (κ3) is 18.7. The van der Waals surface area contributed by atoms with Crippen LogP contribution in [0.1, 0.15) is 119 Å². The molecule has 10 atom stereocenters. The molecule has 26 nitrogen and oxygen atoms in total. The van der Waals surface area contributed by atoms with Gasteiger partial charge in [0, 0.05) is 6.04 Å². The van der Waals surface area contributed by atoms with Gasteiger partial charge in [0.15, 0.2) is 27.8 Å². The number of halogens is 3. The Labute approximate surface area is 518 Å². The second kappa shape index (κ2) is 28.7. The Balaban J connectivity index is 0.000000242. The number of fused-ring (bicyclic) bond motifs is 2. The number of aliphatic hydroxyl groups excluding tert-OH is 6. The molecule has 0 spiro atoms. The van der Waals surface area contributed by atoms with E-state index in [0.717, 1.165) is 12.0 Å². The molecule has 2 aliphatic rings. The molecule has 29 heteroatoms. The predicted octanol–water partition coefficient (Wildman–Crippen LogP) is 7.59. The minimum absolute atomic E-state index is 0.0254. The van der Waals surface area contributed by atoms with Gasteiger partial charge in [0.05, 0.1) is 56.1 Å². The summed E-state index contributed by atoms with van der Waals surface area (Å²) in [6, 6.07) is 15.0. The number of nitrogens with two attached hydrogens (primary N) is 1. The lowest BCUT2D eigenvalue weighted by molar-refractivity contribution is -0.0361. The number of aromatic nitrogens is 8. The van der Waals surface area contributed by atoms with E-state index < -0.39 is 101 Å². The fraction of sp³-hybridized carbons (Fsp3) is 0.552. The topological polar surface area (TPSA) is 358 Å². The molecule has 0 saturated heterocycles. The Morgan fingerprint density at radius 2 is 0.931 bits per heavy atom. The Bertz CT molecular complexity index is 3240. The zero-order chi connectivity index (χ0) is 64.7. The highest BCUT2D eigenvalue weighted by atomic mass is 35.5. The lowest BCUT2D eigenvalue weighted by Gasteiger charge is -2.33. The Morgan fingerprint density at radius 3 is 1.31 bits per heavy atom. The van der Waals surface area contributed by atoms with Crippen molar-refractivity contribution in [3.05, 3.63) is 100 Å². The van der Waals surface area contributed by atoms with Crippen molar-refractivity contribution >= 4 is 87.3 Å². The molecule has 8 rings (SSSR count). The summed E-state index contributed by atoms with van der Waals surface area (Å²) in [5, 5.41) is 65.7. The van der Waals surface area contributed by atoms with Gasteiger partial charge < -0.3 is 69.8 Å². The van der Waals surface area contributed by atoms with Crippen molar-refractivity contribution in [2.24, 2.45) is 5.73 Å². The van der Waals surface area contributed by atoms with Crippen LogP contribution in [0, 0.1) is 0 Å². The number of rotatable bonds is 12. The largest absolute Gasteiger partial charge is 0.443 e. The van der Waals surface area contributed by atoms with Gasteiger partial charge in [0.1, 0.15) is 52.3 Å². The molecule has 4 aromatic heterocycles. The molecule has 2 aromatic carbocycles. The Kier molecular flexibility index (Phi) is 22.9. The maximum absolute atomic E-state index is 13.2. The first kappa shape index (κ1) is 69.5. The van der Waals surface area contributed by atoms with E-state index in [2.05, 4.69) is 35.2 Å². The number of aliphatic hydroxyl groups is 6. The van der Waals surface area contributed by atoms with E-state index in [4.69, 9.17) is 64.6 Å². The average molecular weight is 1270 g/mol. The molecule has 2 aliphatic carbocycles. The number of amides is 4. The number of anilines is 1. The molecule has 4 heterocycles. The third-order valence-corrected chi connectivity index (χ3v) is 13.8. The predicted molar refractivity (Wildman–Crippen MR) is 323 cm³/mol. The van der Waals surface area contributed by atoms with Gasteiger partial charge in [0.25, 0.3) is 0 Å². The fourth-order valence-corrected chi connectivity index (χ4v) is 10.1. The maximum Gasteiger partial charge on any atom is 0.420 e. The average Bonchev–Trinajstić information content (AvgIpc) is 1.87. The molecule has 0 radical (unpaired) electrons. The van der Waals surface area contributed by atoms with Gasteiger partial charge in [-0.3, -0.25) is 0 Å². The first-order chi connectivity index (χ1) is 40.5. The van der Waals surface area contributed by atoms with Crippen LogP contribution in [0.3, 0.4) is 0 Å². The van der Waals surface area contributed by atoms with Crippen LogP contribution in [0.25, 0.3) is 22.3 Å². The lowest BCUT2D eigenvalue weighted by Crippen LogP contribution is -2.52. The van der Waals surface area contributed by atoms with Crippen molar-refractivity contribution in [1.82, 2.24) is 48.8 Å². The molecule has 0 bridgehead atoms. The van der Waals surface area contributed by atoms with E-state index in [-0.39, 0.29) is 70.4 Å². The summed E-state index contributed by atoms with van der Waals surface area (Å²) in [6.45, 7) is 19.6. The number of nitrogens with zero attached hydrogens (tertiary/aromatic N) is 10. The van der Waals surface area contributed by atoms with Gasteiger partial charge in [-0.1, -0.05) is 72.3 Å². The number of hydrogen-bond acceptors (Lipinski definition) is 22. The number of ether oxygens (including phenoxy) is 4. The monoisotopic (exact) mass is 1270 g/mol. The van der Waals surface area contributed by atoms with E-state index in [1.54, 1.807) is 83.1 Å². The normalized spacial score (nSPS) is 21.2. The highest BCUT2D eigenvalue weighted by molar-refractivity contribution is 6.35. The lowest BCUT2D eigenvalue weighted by atomic mass is 10.1. The van der Waals surface area contributed by atoms with Crippen LogP contribution in [0.4, 0.5) is 25.0 Å². The van der Waals surface area contributed by atoms with Gasteiger partial charge in [0.2, 0.25) is 10.6 Å². The van der Waals surface area contributed by atoms with Crippen molar-refractivity contribution in [1.29, 1.82) is 0 Å². The van der Waals surface area contributed by atoms with Crippen molar-refractivity contribution < 1.29 is 68.8 Å². The third-order valence-electron chi connectivity index (χ3n) is 13.2. The zero-order valence-corrected chi connectivity index (χ0v) is 52.8. The molecule has 4 amide bonds. The van der Waals surface area contributed by atoms with E-state index in [1.165, 1.54) is 27.4 Å². The summed E-state index contributed by atoms with van der Waals surface area (Å²) >= 11 is 18.3. The molecule has 476 valence electrons. The van der Waals surface area contributed by atoms with Crippen molar-refractivity contribution in [2.75, 3.05) is 18.5 Å². The van der Waals surface area contributed by atoms with Crippen molar-refractivity contribution in [3.8, 4) is 0 Å². The summed E-state index contributed by atoms with van der Waals surface area (Å²) in [4.78, 5) is 78.9. The van der Waals surface area contributed by atoms with Gasteiger partial charge in [-0.2, -0.15) is 15.0 Å². The highest BCUT2D eigenvalue weighted by Gasteiger charge is 2.52. The molecule has 9 N–H and O–H groups in total. The first-order valence-corrected chi connectivity index (χ1v) is 29.1. The number of carbonyl (C=O) groups excluding carboxylic acids is 4. The molecule has 2 fully saturated rings. The number of imide groups is 2. The fourth-order valence-electron chi connectivity index (χ4n) is 9.54. The van der Waals surface area contributed by atoms with Crippen LogP contribution in [0.2, 0.25) is 15.7 Å². The first-order valence-electron chi connectivity index (χ1n) is 28.0.